The largest absolute Gasteiger partial charge is 0.468 e. The van der Waals surface area contributed by atoms with Crippen LogP contribution in [0.15, 0.2) is 41.3 Å². The van der Waals surface area contributed by atoms with Crippen LogP contribution in [0.1, 0.15) is 5.56 Å². The average molecular weight is 348 g/mol. The predicted molar refractivity (Wildman–Crippen MR) is 86.9 cm³/mol. The molecule has 124 valence electrons. The van der Waals surface area contributed by atoms with E-state index < -0.39 is 28.6 Å². The highest BCUT2D eigenvalue weighted by atomic mass is 32.2. The quantitative estimate of drug-likeness (QED) is 0.348. The van der Waals surface area contributed by atoms with Gasteiger partial charge in [-0.1, -0.05) is 24.3 Å². The van der Waals surface area contributed by atoms with Gasteiger partial charge in [-0.25, -0.2) is 0 Å². The Balaban J connectivity index is 2.10. The van der Waals surface area contributed by atoms with Gasteiger partial charge in [-0.2, -0.15) is 0 Å². The van der Waals surface area contributed by atoms with E-state index in [0.717, 1.165) is 4.90 Å². The summed E-state index contributed by atoms with van der Waals surface area (Å²) in [5.41, 5.74) is 0.532. The molecule has 0 unspecified atom stereocenters. The minimum Gasteiger partial charge on any atom is -0.468 e. The lowest BCUT2D eigenvalue weighted by Gasteiger charge is -2.09. The third-order valence-corrected chi connectivity index (χ3v) is 3.93. The zero-order chi connectivity index (χ0) is 17.7. The first-order valence-corrected chi connectivity index (χ1v) is 7.47. The number of amides is 2. The second-order valence-corrected chi connectivity index (χ2v) is 5.57. The molecule has 0 spiro atoms. The number of rotatable bonds is 5. The Morgan fingerprint density at radius 1 is 1.42 bits per heavy atom. The molecule has 8 nitrogen and oxygen atoms in total. The maximum atomic E-state index is 12.0. The van der Waals surface area contributed by atoms with E-state index in [1.54, 1.807) is 18.2 Å². The van der Waals surface area contributed by atoms with Crippen LogP contribution in [-0.4, -0.2) is 40.6 Å². The number of non-ortho nitro benzene ring substituents is 1. The fourth-order valence-electron chi connectivity index (χ4n) is 1.83. The van der Waals surface area contributed by atoms with Crippen LogP contribution in [0.3, 0.4) is 0 Å². The summed E-state index contributed by atoms with van der Waals surface area (Å²) in [6.45, 7) is -0.437. The smallest absolute Gasteiger partial charge is 0.325 e. The van der Waals surface area contributed by atoms with Crippen molar-refractivity contribution < 1.29 is 24.0 Å². The van der Waals surface area contributed by atoms with Crippen molar-refractivity contribution in [2.24, 2.45) is 0 Å². The van der Waals surface area contributed by atoms with Crippen molar-refractivity contribution in [1.82, 2.24) is 4.90 Å². The van der Waals surface area contributed by atoms with Crippen molar-refractivity contribution in [2.45, 2.75) is 0 Å². The van der Waals surface area contributed by atoms with Gasteiger partial charge in [0.25, 0.3) is 16.8 Å². The van der Waals surface area contributed by atoms with E-state index in [4.69, 9.17) is 0 Å². The van der Waals surface area contributed by atoms with E-state index in [1.165, 1.54) is 31.4 Å². The molecule has 1 aromatic rings. The summed E-state index contributed by atoms with van der Waals surface area (Å²) in [6, 6.07) is 5.96. The number of imide groups is 1. The van der Waals surface area contributed by atoms with E-state index in [1.807, 2.05) is 0 Å². The Morgan fingerprint density at radius 2 is 2.17 bits per heavy atom. The Kier molecular flexibility index (Phi) is 5.48. The van der Waals surface area contributed by atoms with E-state index in [0.29, 0.717) is 17.3 Å². The zero-order valence-electron chi connectivity index (χ0n) is 12.5. The number of carbonyl (C=O) groups excluding carboxylic acids is 3. The van der Waals surface area contributed by atoms with Crippen molar-refractivity contribution in [3.8, 4) is 0 Å². The van der Waals surface area contributed by atoms with Crippen LogP contribution in [0, 0.1) is 10.1 Å². The SMILES string of the molecule is COC(=O)CN1C(=O)S/C(=C\C=C\c2cccc([N+](=O)[O-])c2)C1=O. The first kappa shape index (κ1) is 17.4. The first-order chi connectivity index (χ1) is 11.4. The number of nitrogens with zero attached hydrogens (tertiary/aromatic N) is 2. The molecule has 1 aliphatic rings. The van der Waals surface area contributed by atoms with Gasteiger partial charge >= 0.3 is 5.97 Å². The molecule has 2 rings (SSSR count). The van der Waals surface area contributed by atoms with E-state index in [2.05, 4.69) is 4.74 Å². The summed E-state index contributed by atoms with van der Waals surface area (Å²) < 4.78 is 4.43. The molecular formula is C15H12N2O6S. The Labute approximate surface area is 140 Å². The second-order valence-electron chi connectivity index (χ2n) is 4.58. The van der Waals surface area contributed by atoms with Gasteiger partial charge < -0.3 is 4.74 Å². The van der Waals surface area contributed by atoms with Crippen LogP contribution in [0.5, 0.6) is 0 Å². The number of benzene rings is 1. The van der Waals surface area contributed by atoms with Gasteiger partial charge in [0.1, 0.15) is 6.54 Å². The Morgan fingerprint density at radius 3 is 2.83 bits per heavy atom. The fraction of sp³-hybridized carbons (Fsp3) is 0.133. The molecule has 1 aromatic carbocycles. The summed E-state index contributed by atoms with van der Waals surface area (Å²) in [5.74, 6) is -1.27. The molecule has 1 heterocycles. The number of nitro groups is 1. The van der Waals surface area contributed by atoms with Crippen molar-refractivity contribution in [2.75, 3.05) is 13.7 Å². The van der Waals surface area contributed by atoms with Crippen LogP contribution < -0.4 is 0 Å². The standard InChI is InChI=1S/C15H12N2O6S/c1-23-13(18)9-16-14(19)12(24-15(16)20)7-3-5-10-4-2-6-11(8-10)17(21)22/h2-8H,9H2,1H3/b5-3+,12-7-. The highest BCUT2D eigenvalue weighted by Crippen LogP contribution is 2.30. The predicted octanol–water partition coefficient (Wildman–Crippen LogP) is 2.36. The molecule has 2 amide bonds. The maximum Gasteiger partial charge on any atom is 0.325 e. The van der Waals surface area contributed by atoms with Crippen molar-refractivity contribution in [1.29, 1.82) is 0 Å². The summed E-state index contributed by atoms with van der Waals surface area (Å²) in [7, 11) is 1.17. The third kappa shape index (κ3) is 4.07. The summed E-state index contributed by atoms with van der Waals surface area (Å²) in [5, 5.41) is 10.1. The van der Waals surface area contributed by atoms with E-state index >= 15 is 0 Å². The molecule has 9 heteroatoms. The maximum absolute atomic E-state index is 12.0. The summed E-state index contributed by atoms with van der Waals surface area (Å²) in [4.78, 5) is 46.1. The molecule has 0 aliphatic carbocycles. The van der Waals surface area contributed by atoms with E-state index in [-0.39, 0.29) is 10.6 Å². The number of nitro benzene ring substituents is 1. The number of hydrogen-bond acceptors (Lipinski definition) is 7. The molecule has 0 saturated carbocycles. The highest BCUT2D eigenvalue weighted by Gasteiger charge is 2.36. The van der Waals surface area contributed by atoms with Crippen molar-refractivity contribution >= 4 is 40.6 Å². The van der Waals surface area contributed by atoms with Gasteiger partial charge in [-0.15, -0.1) is 0 Å². The summed E-state index contributed by atoms with van der Waals surface area (Å²) in [6.07, 6.45) is 4.50. The third-order valence-electron chi connectivity index (χ3n) is 3.01. The van der Waals surface area contributed by atoms with Crippen molar-refractivity contribution in [3.63, 3.8) is 0 Å². The van der Waals surface area contributed by atoms with Gasteiger partial charge in [0, 0.05) is 12.1 Å². The number of hydrogen-bond donors (Lipinski definition) is 0. The zero-order valence-corrected chi connectivity index (χ0v) is 13.3. The van der Waals surface area contributed by atoms with Gasteiger partial charge in [0.2, 0.25) is 0 Å². The van der Waals surface area contributed by atoms with Crippen LogP contribution >= 0.6 is 11.8 Å². The van der Waals surface area contributed by atoms with Crippen molar-refractivity contribution in [3.05, 3.63) is 57.0 Å². The van der Waals surface area contributed by atoms with Gasteiger partial charge in [0.15, 0.2) is 0 Å². The molecule has 24 heavy (non-hydrogen) atoms. The van der Waals surface area contributed by atoms with Crippen LogP contribution in [0.2, 0.25) is 0 Å². The monoisotopic (exact) mass is 348 g/mol. The lowest BCUT2D eigenvalue weighted by Crippen LogP contribution is -2.34. The lowest BCUT2D eigenvalue weighted by molar-refractivity contribution is -0.384. The first-order valence-electron chi connectivity index (χ1n) is 6.65. The fourth-order valence-corrected chi connectivity index (χ4v) is 2.62. The van der Waals surface area contributed by atoms with Crippen LogP contribution in [-0.2, 0) is 14.3 Å². The molecule has 0 N–H and O–H groups in total. The summed E-state index contributed by atoms with van der Waals surface area (Å²) >= 11 is 0.709. The number of thioether (sulfide) groups is 1. The Bertz CT molecular complexity index is 771. The number of esters is 1. The minimum absolute atomic E-state index is 0.0458. The molecule has 0 atom stereocenters. The normalized spacial score (nSPS) is 16.2. The highest BCUT2D eigenvalue weighted by molar-refractivity contribution is 8.18. The molecule has 0 bridgehead atoms. The van der Waals surface area contributed by atoms with E-state index in [9.17, 15) is 24.5 Å². The average Bonchev–Trinajstić information content (AvgIpc) is 2.82. The number of allylic oxidation sites excluding steroid dienone is 2. The molecule has 1 fully saturated rings. The van der Waals surface area contributed by atoms with Gasteiger partial charge in [-0.3, -0.25) is 29.4 Å². The van der Waals surface area contributed by atoms with Gasteiger partial charge in [-0.05, 0) is 23.4 Å². The molecular weight excluding hydrogens is 336 g/mol. The van der Waals surface area contributed by atoms with Gasteiger partial charge in [0.05, 0.1) is 16.9 Å². The lowest BCUT2D eigenvalue weighted by atomic mass is 10.2. The topological polar surface area (TPSA) is 107 Å². The number of carbonyl (C=O) groups is 3. The molecule has 1 aliphatic heterocycles. The Hall–Kier alpha value is -2.94. The molecule has 0 aromatic heterocycles. The number of ether oxygens (including phenoxy) is 1. The molecule has 0 radical (unpaired) electrons. The second kappa shape index (κ2) is 7.55. The van der Waals surface area contributed by atoms with Crippen LogP contribution in [0.4, 0.5) is 10.5 Å². The molecule has 1 saturated heterocycles. The minimum atomic E-state index is -0.689. The van der Waals surface area contributed by atoms with Crippen LogP contribution in [0.25, 0.3) is 6.08 Å². The number of methoxy groups -OCH3 is 1.